The number of aryl methyl sites for hydroxylation is 3. The van der Waals surface area contributed by atoms with Crippen molar-refractivity contribution in [3.05, 3.63) is 41.3 Å². The Morgan fingerprint density at radius 2 is 1.73 bits per heavy atom. The molecule has 0 bridgehead atoms. The van der Waals surface area contributed by atoms with Crippen molar-refractivity contribution in [3.8, 4) is 0 Å². The molecule has 0 saturated carbocycles. The number of piperazine rings is 1. The lowest BCUT2D eigenvalue weighted by Crippen LogP contribution is -2.51. The van der Waals surface area contributed by atoms with E-state index >= 15 is 0 Å². The van der Waals surface area contributed by atoms with Crippen LogP contribution >= 0.6 is 12.2 Å². The van der Waals surface area contributed by atoms with Crippen LogP contribution in [0.15, 0.2) is 33.7 Å². The average Bonchev–Trinajstić information content (AvgIpc) is 2.96. The average molecular weight is 395 g/mol. The third kappa shape index (κ3) is 3.74. The van der Waals surface area contributed by atoms with Gasteiger partial charge in [-0.15, -0.1) is 0 Å². The van der Waals surface area contributed by atoms with Crippen LogP contribution in [0.2, 0.25) is 0 Å². The molecular weight excluding hydrogens is 372 g/mol. The van der Waals surface area contributed by atoms with Gasteiger partial charge < -0.3 is 14.7 Å². The van der Waals surface area contributed by atoms with E-state index in [9.17, 15) is 8.42 Å². The highest BCUT2D eigenvalue weighted by molar-refractivity contribution is 7.89. The molecule has 0 atom stereocenters. The van der Waals surface area contributed by atoms with Crippen molar-refractivity contribution in [2.45, 2.75) is 25.7 Å². The predicted octanol–water partition coefficient (Wildman–Crippen LogP) is 2.30. The maximum Gasteiger partial charge on any atom is 0.248 e. The SMILES string of the molecule is Cc1ccc(NC(=S)N2CCN(S(=O)(=O)c3c(C)noc3C)CC2)cc1. The Morgan fingerprint density at radius 1 is 1.12 bits per heavy atom. The molecule has 26 heavy (non-hydrogen) atoms. The van der Waals surface area contributed by atoms with Gasteiger partial charge in [-0.3, -0.25) is 0 Å². The molecule has 1 N–H and O–H groups in total. The minimum Gasteiger partial charge on any atom is -0.360 e. The second kappa shape index (κ2) is 7.34. The van der Waals surface area contributed by atoms with Crippen LogP contribution in [0.5, 0.6) is 0 Å². The summed E-state index contributed by atoms with van der Waals surface area (Å²) in [5, 5.41) is 7.55. The Morgan fingerprint density at radius 3 is 2.27 bits per heavy atom. The zero-order valence-corrected chi connectivity index (χ0v) is 16.7. The van der Waals surface area contributed by atoms with Crippen molar-refractivity contribution in [1.82, 2.24) is 14.4 Å². The molecule has 1 aromatic heterocycles. The monoisotopic (exact) mass is 394 g/mol. The number of hydrogen-bond acceptors (Lipinski definition) is 5. The van der Waals surface area contributed by atoms with E-state index in [1.54, 1.807) is 13.8 Å². The van der Waals surface area contributed by atoms with E-state index in [0.29, 0.717) is 42.7 Å². The fourth-order valence-corrected chi connectivity index (χ4v) is 4.96. The summed E-state index contributed by atoms with van der Waals surface area (Å²) in [7, 11) is -3.61. The highest BCUT2D eigenvalue weighted by Crippen LogP contribution is 2.24. The van der Waals surface area contributed by atoms with Crippen molar-refractivity contribution in [2.24, 2.45) is 0 Å². The molecule has 1 aromatic carbocycles. The third-order valence-electron chi connectivity index (χ3n) is 4.39. The first-order chi connectivity index (χ1) is 12.3. The molecule has 3 rings (SSSR count). The van der Waals surface area contributed by atoms with Gasteiger partial charge in [-0.05, 0) is 45.1 Å². The summed E-state index contributed by atoms with van der Waals surface area (Å²) in [6, 6.07) is 7.97. The van der Waals surface area contributed by atoms with Crippen molar-refractivity contribution in [2.75, 3.05) is 31.5 Å². The number of sulfonamides is 1. The molecule has 0 unspecified atom stereocenters. The number of benzene rings is 1. The first-order valence-corrected chi connectivity index (χ1v) is 10.2. The van der Waals surface area contributed by atoms with Gasteiger partial charge in [-0.2, -0.15) is 4.31 Å². The summed E-state index contributed by atoms with van der Waals surface area (Å²) < 4.78 is 32.2. The first kappa shape index (κ1) is 18.8. The predicted molar refractivity (Wildman–Crippen MR) is 104 cm³/mol. The van der Waals surface area contributed by atoms with Crippen LogP contribution in [0, 0.1) is 20.8 Å². The maximum atomic E-state index is 12.8. The number of nitrogens with one attached hydrogen (secondary N) is 1. The molecular formula is C17H22N4O3S2. The van der Waals surface area contributed by atoms with Crippen molar-refractivity contribution < 1.29 is 12.9 Å². The van der Waals surface area contributed by atoms with Gasteiger partial charge in [0.2, 0.25) is 10.0 Å². The van der Waals surface area contributed by atoms with Crippen LogP contribution in [-0.4, -0.2) is 54.1 Å². The van der Waals surface area contributed by atoms with E-state index < -0.39 is 10.0 Å². The van der Waals surface area contributed by atoms with Crippen LogP contribution in [0.3, 0.4) is 0 Å². The van der Waals surface area contributed by atoms with E-state index in [1.807, 2.05) is 36.1 Å². The molecule has 1 aliphatic heterocycles. The molecule has 2 heterocycles. The molecule has 1 fully saturated rings. The fraction of sp³-hybridized carbons (Fsp3) is 0.412. The standard InChI is InChI=1S/C17H22N4O3S2/c1-12-4-6-15(7-5-12)18-17(25)20-8-10-21(11-9-20)26(22,23)16-13(2)19-24-14(16)3/h4-7H,8-11H2,1-3H3,(H,18,25). The van der Waals surface area contributed by atoms with E-state index in [-0.39, 0.29) is 4.90 Å². The van der Waals surface area contributed by atoms with Crippen molar-refractivity contribution in [1.29, 1.82) is 0 Å². The minimum atomic E-state index is -3.61. The quantitative estimate of drug-likeness (QED) is 0.800. The summed E-state index contributed by atoms with van der Waals surface area (Å²) in [5.41, 5.74) is 2.49. The van der Waals surface area contributed by atoms with Crippen molar-refractivity contribution >= 4 is 33.0 Å². The van der Waals surface area contributed by atoms with Gasteiger partial charge >= 0.3 is 0 Å². The number of hydrogen-bond donors (Lipinski definition) is 1. The molecule has 1 aliphatic rings. The van der Waals surface area contributed by atoms with Crippen LogP contribution in [0.25, 0.3) is 0 Å². The molecule has 1 saturated heterocycles. The third-order valence-corrected chi connectivity index (χ3v) is 6.90. The highest BCUT2D eigenvalue weighted by Gasteiger charge is 2.33. The Balaban J connectivity index is 1.63. The van der Waals surface area contributed by atoms with Gasteiger partial charge in [0.1, 0.15) is 10.6 Å². The lowest BCUT2D eigenvalue weighted by molar-refractivity contribution is 0.268. The smallest absolute Gasteiger partial charge is 0.248 e. The van der Waals surface area contributed by atoms with Crippen LogP contribution in [-0.2, 0) is 10.0 Å². The number of thiocarbonyl (C=S) groups is 1. The largest absolute Gasteiger partial charge is 0.360 e. The second-order valence-corrected chi connectivity index (χ2v) is 8.60. The van der Waals surface area contributed by atoms with Gasteiger partial charge in [-0.1, -0.05) is 22.9 Å². The van der Waals surface area contributed by atoms with Gasteiger partial charge in [-0.25, -0.2) is 8.42 Å². The summed E-state index contributed by atoms with van der Waals surface area (Å²) in [6.45, 7) is 7.07. The maximum absolute atomic E-state index is 12.8. The van der Waals surface area contributed by atoms with Gasteiger partial charge in [0.15, 0.2) is 10.9 Å². The molecule has 0 radical (unpaired) electrons. The molecule has 2 aromatic rings. The van der Waals surface area contributed by atoms with Crippen molar-refractivity contribution in [3.63, 3.8) is 0 Å². The van der Waals surface area contributed by atoms with E-state index in [2.05, 4.69) is 10.5 Å². The van der Waals surface area contributed by atoms with Crippen LogP contribution in [0.1, 0.15) is 17.0 Å². The Hall–Kier alpha value is -1.97. The lowest BCUT2D eigenvalue weighted by Gasteiger charge is -2.35. The van der Waals surface area contributed by atoms with Crippen LogP contribution < -0.4 is 5.32 Å². The van der Waals surface area contributed by atoms with Gasteiger partial charge in [0.25, 0.3) is 0 Å². The highest BCUT2D eigenvalue weighted by atomic mass is 32.2. The zero-order valence-electron chi connectivity index (χ0n) is 15.0. The molecule has 9 heteroatoms. The summed E-state index contributed by atoms with van der Waals surface area (Å²) in [6.07, 6.45) is 0. The Kier molecular flexibility index (Phi) is 5.31. The van der Waals surface area contributed by atoms with E-state index in [1.165, 1.54) is 9.87 Å². The van der Waals surface area contributed by atoms with Gasteiger partial charge in [0.05, 0.1) is 0 Å². The summed E-state index contributed by atoms with van der Waals surface area (Å²) in [4.78, 5) is 2.15. The van der Waals surface area contributed by atoms with Gasteiger partial charge in [0, 0.05) is 31.9 Å². The topological polar surface area (TPSA) is 78.7 Å². The molecule has 0 amide bonds. The minimum absolute atomic E-state index is 0.173. The fourth-order valence-electron chi connectivity index (χ4n) is 2.94. The number of rotatable bonds is 3. The first-order valence-electron chi connectivity index (χ1n) is 8.34. The number of anilines is 1. The Labute approximate surface area is 159 Å². The van der Waals surface area contributed by atoms with Crippen LogP contribution in [0.4, 0.5) is 5.69 Å². The van der Waals surface area contributed by atoms with E-state index in [0.717, 1.165) is 5.69 Å². The summed E-state index contributed by atoms with van der Waals surface area (Å²) in [5.74, 6) is 0.321. The number of aromatic nitrogens is 1. The molecule has 140 valence electrons. The molecule has 0 aliphatic carbocycles. The molecule has 0 spiro atoms. The lowest BCUT2D eigenvalue weighted by atomic mass is 10.2. The summed E-state index contributed by atoms with van der Waals surface area (Å²) >= 11 is 5.46. The van der Waals surface area contributed by atoms with E-state index in [4.69, 9.17) is 16.7 Å². The zero-order chi connectivity index (χ0) is 18.9. The Bertz CT molecular complexity index is 879. The number of nitrogens with zero attached hydrogens (tertiary/aromatic N) is 3. The molecule has 7 nitrogen and oxygen atoms in total. The second-order valence-electron chi connectivity index (χ2n) is 6.34. The normalized spacial score (nSPS) is 15.9.